The van der Waals surface area contributed by atoms with Gasteiger partial charge in [0.05, 0.1) is 6.54 Å². The average Bonchev–Trinajstić information content (AvgIpc) is 2.66. The van der Waals surface area contributed by atoms with E-state index in [1.54, 1.807) is 0 Å². The highest BCUT2D eigenvalue weighted by atomic mass is 15.3. The Hall–Kier alpha value is -0.900. The first-order valence-electron chi connectivity index (χ1n) is 5.85. The number of hydrogen-bond donors (Lipinski definition) is 1. The van der Waals surface area contributed by atoms with E-state index in [0.29, 0.717) is 5.92 Å². The van der Waals surface area contributed by atoms with Crippen molar-refractivity contribution in [3.63, 3.8) is 0 Å². The summed E-state index contributed by atoms with van der Waals surface area (Å²) in [5, 5.41) is 7.71. The van der Waals surface area contributed by atoms with Crippen molar-refractivity contribution in [3.8, 4) is 0 Å². The first-order chi connectivity index (χ1) is 7.26. The van der Waals surface area contributed by atoms with Crippen LogP contribution in [0.5, 0.6) is 0 Å². The quantitative estimate of drug-likeness (QED) is 0.698. The molecule has 1 aromatic heterocycles. The first-order valence-corrected chi connectivity index (χ1v) is 5.85. The predicted molar refractivity (Wildman–Crippen MR) is 61.5 cm³/mol. The molecular formula is C11H22N4. The van der Waals surface area contributed by atoms with E-state index in [1.165, 1.54) is 6.42 Å². The van der Waals surface area contributed by atoms with Crippen LogP contribution in [-0.4, -0.2) is 21.3 Å². The fourth-order valence-corrected chi connectivity index (χ4v) is 1.33. The summed E-state index contributed by atoms with van der Waals surface area (Å²) < 4.78 is 1.94. The summed E-state index contributed by atoms with van der Waals surface area (Å²) in [6, 6.07) is 0. The maximum absolute atomic E-state index is 4.41. The van der Waals surface area contributed by atoms with E-state index in [9.17, 15) is 0 Å². The van der Waals surface area contributed by atoms with E-state index >= 15 is 0 Å². The van der Waals surface area contributed by atoms with Gasteiger partial charge in [-0.05, 0) is 18.9 Å². The minimum absolute atomic E-state index is 0.670. The maximum atomic E-state index is 4.41. The van der Waals surface area contributed by atoms with Crippen LogP contribution in [0.3, 0.4) is 0 Å². The number of nitrogens with zero attached hydrogens (tertiary/aromatic N) is 3. The zero-order valence-corrected chi connectivity index (χ0v) is 10.0. The molecule has 0 fully saturated rings. The molecule has 0 radical (unpaired) electrons. The minimum atomic E-state index is 0.670. The van der Waals surface area contributed by atoms with Gasteiger partial charge in [0.2, 0.25) is 0 Å². The van der Waals surface area contributed by atoms with Crippen molar-refractivity contribution in [1.82, 2.24) is 20.1 Å². The molecule has 0 bridgehead atoms. The van der Waals surface area contributed by atoms with Crippen molar-refractivity contribution in [2.24, 2.45) is 5.92 Å². The summed E-state index contributed by atoms with van der Waals surface area (Å²) in [4.78, 5) is 4.26. The molecule has 1 heterocycles. The summed E-state index contributed by atoms with van der Waals surface area (Å²) in [5.41, 5.74) is 0. The molecule has 1 rings (SSSR count). The molecule has 4 nitrogen and oxygen atoms in total. The maximum Gasteiger partial charge on any atom is 0.164 e. The lowest BCUT2D eigenvalue weighted by molar-refractivity contribution is 0.435. The molecule has 86 valence electrons. The average molecular weight is 210 g/mol. The van der Waals surface area contributed by atoms with Crippen molar-refractivity contribution < 1.29 is 0 Å². The third-order valence-corrected chi connectivity index (χ3v) is 2.49. The van der Waals surface area contributed by atoms with Crippen LogP contribution in [0.4, 0.5) is 0 Å². The van der Waals surface area contributed by atoms with Crippen LogP contribution in [0.2, 0.25) is 0 Å². The Morgan fingerprint density at radius 3 is 2.93 bits per heavy atom. The molecule has 1 unspecified atom stereocenters. The first kappa shape index (κ1) is 12.2. The van der Waals surface area contributed by atoms with Gasteiger partial charge in [0.25, 0.3) is 0 Å². The molecule has 0 spiro atoms. The van der Waals surface area contributed by atoms with E-state index in [-0.39, 0.29) is 0 Å². The van der Waals surface area contributed by atoms with Gasteiger partial charge in [-0.15, -0.1) is 0 Å². The van der Waals surface area contributed by atoms with Crippen molar-refractivity contribution in [1.29, 1.82) is 0 Å². The highest BCUT2D eigenvalue weighted by Gasteiger charge is 2.03. The van der Waals surface area contributed by atoms with E-state index in [4.69, 9.17) is 0 Å². The van der Waals surface area contributed by atoms with Gasteiger partial charge in [0.15, 0.2) is 5.82 Å². The van der Waals surface area contributed by atoms with Gasteiger partial charge in [-0.3, -0.25) is 4.68 Å². The lowest BCUT2D eigenvalue weighted by Gasteiger charge is -2.06. The van der Waals surface area contributed by atoms with Gasteiger partial charge in [-0.2, -0.15) is 5.10 Å². The topological polar surface area (TPSA) is 42.7 Å². The second-order valence-corrected chi connectivity index (χ2v) is 4.07. The molecule has 1 atom stereocenters. The highest BCUT2D eigenvalue weighted by molar-refractivity contribution is 4.80. The number of aromatic nitrogens is 3. The van der Waals surface area contributed by atoms with Crippen LogP contribution >= 0.6 is 0 Å². The van der Waals surface area contributed by atoms with Gasteiger partial charge in [0, 0.05) is 6.54 Å². The Bertz CT molecular complexity index is 269. The summed E-state index contributed by atoms with van der Waals surface area (Å²) in [6.45, 7) is 9.36. The Morgan fingerprint density at radius 1 is 1.47 bits per heavy atom. The van der Waals surface area contributed by atoms with Crippen molar-refractivity contribution >= 4 is 0 Å². The lowest BCUT2D eigenvalue weighted by atomic mass is 10.1. The molecular weight excluding hydrogens is 188 g/mol. The minimum Gasteiger partial charge on any atom is -0.310 e. The second kappa shape index (κ2) is 6.56. The molecule has 0 saturated heterocycles. The summed E-state index contributed by atoms with van der Waals surface area (Å²) >= 11 is 0. The van der Waals surface area contributed by atoms with Crippen LogP contribution in [0, 0.1) is 5.92 Å². The zero-order chi connectivity index (χ0) is 11.1. The molecule has 4 heteroatoms. The zero-order valence-electron chi connectivity index (χ0n) is 10.0. The molecule has 0 amide bonds. The SMILES string of the molecule is CCCNCc1ncn(CC(C)CC)n1. The van der Waals surface area contributed by atoms with Crippen LogP contribution < -0.4 is 5.32 Å². The van der Waals surface area contributed by atoms with Crippen molar-refractivity contribution in [2.75, 3.05) is 6.54 Å². The molecule has 0 aliphatic heterocycles. The van der Waals surface area contributed by atoms with E-state index in [1.807, 2.05) is 11.0 Å². The monoisotopic (exact) mass is 210 g/mol. The van der Waals surface area contributed by atoms with E-state index in [2.05, 4.69) is 36.2 Å². The van der Waals surface area contributed by atoms with E-state index < -0.39 is 0 Å². The summed E-state index contributed by atoms with van der Waals surface area (Å²) in [7, 11) is 0. The normalized spacial score (nSPS) is 13.0. The second-order valence-electron chi connectivity index (χ2n) is 4.07. The Balaban J connectivity index is 2.35. The van der Waals surface area contributed by atoms with Gasteiger partial charge < -0.3 is 5.32 Å². The van der Waals surface area contributed by atoms with Gasteiger partial charge in [0.1, 0.15) is 6.33 Å². The van der Waals surface area contributed by atoms with Gasteiger partial charge in [-0.25, -0.2) is 4.98 Å². The van der Waals surface area contributed by atoms with Crippen LogP contribution in [0.1, 0.15) is 39.4 Å². The van der Waals surface area contributed by atoms with Crippen LogP contribution in [0.15, 0.2) is 6.33 Å². The number of rotatable bonds is 7. The van der Waals surface area contributed by atoms with Crippen LogP contribution in [-0.2, 0) is 13.1 Å². The lowest BCUT2D eigenvalue weighted by Crippen LogP contribution is -2.15. The summed E-state index contributed by atoms with van der Waals surface area (Å²) in [6.07, 6.45) is 4.16. The molecule has 1 N–H and O–H groups in total. The summed E-state index contributed by atoms with van der Waals surface area (Å²) in [5.74, 6) is 1.56. The highest BCUT2D eigenvalue weighted by Crippen LogP contribution is 2.03. The van der Waals surface area contributed by atoms with Gasteiger partial charge >= 0.3 is 0 Å². The molecule has 0 aliphatic carbocycles. The van der Waals surface area contributed by atoms with Gasteiger partial charge in [-0.1, -0.05) is 27.2 Å². The number of hydrogen-bond acceptors (Lipinski definition) is 3. The third kappa shape index (κ3) is 4.42. The fraction of sp³-hybridized carbons (Fsp3) is 0.818. The Labute approximate surface area is 92.1 Å². The molecule has 15 heavy (non-hydrogen) atoms. The van der Waals surface area contributed by atoms with Crippen molar-refractivity contribution in [3.05, 3.63) is 12.2 Å². The largest absolute Gasteiger partial charge is 0.310 e. The third-order valence-electron chi connectivity index (χ3n) is 2.49. The smallest absolute Gasteiger partial charge is 0.164 e. The van der Waals surface area contributed by atoms with E-state index in [0.717, 1.165) is 31.9 Å². The van der Waals surface area contributed by atoms with Crippen LogP contribution in [0.25, 0.3) is 0 Å². The van der Waals surface area contributed by atoms with Crippen molar-refractivity contribution in [2.45, 2.75) is 46.7 Å². The molecule has 0 saturated carbocycles. The standard InChI is InChI=1S/C11H22N4/c1-4-6-12-7-11-13-9-15(14-11)8-10(3)5-2/h9-10,12H,4-8H2,1-3H3. The Morgan fingerprint density at radius 2 is 2.27 bits per heavy atom. The molecule has 0 aromatic carbocycles. The fourth-order valence-electron chi connectivity index (χ4n) is 1.33. The molecule has 0 aliphatic rings. The predicted octanol–water partition coefficient (Wildman–Crippen LogP) is 1.82. The number of nitrogens with one attached hydrogen (secondary N) is 1. The molecule has 1 aromatic rings. The Kier molecular flexibility index (Phi) is 5.32.